The topological polar surface area (TPSA) is 92.7 Å². The van der Waals surface area contributed by atoms with E-state index in [9.17, 15) is 14.4 Å². The first-order valence-electron chi connectivity index (χ1n) is 4.55. The minimum absolute atomic E-state index is 0.0847. The summed E-state index contributed by atoms with van der Waals surface area (Å²) in [5, 5.41) is 10.6. The second kappa shape index (κ2) is 5.11. The van der Waals surface area contributed by atoms with Gasteiger partial charge in [0.15, 0.2) is 0 Å². The summed E-state index contributed by atoms with van der Waals surface area (Å²) in [5.41, 5.74) is 0.993. The Morgan fingerprint density at radius 3 is 2.81 bits per heavy atom. The van der Waals surface area contributed by atoms with Crippen LogP contribution in [-0.4, -0.2) is 29.6 Å². The molecule has 0 fully saturated rings. The van der Waals surface area contributed by atoms with Gasteiger partial charge in [0.25, 0.3) is 5.91 Å². The Bertz CT molecular complexity index is 394. The number of carboxylic acid groups (broad SMARTS) is 1. The molecule has 0 aromatic rings. The first kappa shape index (κ1) is 12.0. The number of amides is 1. The maximum absolute atomic E-state index is 11.5. The zero-order chi connectivity index (χ0) is 12.1. The van der Waals surface area contributed by atoms with Crippen molar-refractivity contribution in [3.63, 3.8) is 0 Å². The molecule has 0 atom stereocenters. The van der Waals surface area contributed by atoms with Gasteiger partial charge in [-0.15, -0.1) is 0 Å². The largest absolute Gasteiger partial charge is 0.478 e. The number of aliphatic carboxylic acids is 1. The van der Waals surface area contributed by atoms with Crippen LogP contribution in [-0.2, 0) is 19.1 Å². The molecule has 6 nitrogen and oxygen atoms in total. The van der Waals surface area contributed by atoms with Gasteiger partial charge in [0.05, 0.1) is 6.42 Å². The van der Waals surface area contributed by atoms with Crippen LogP contribution in [0.3, 0.4) is 0 Å². The number of nitrogens with one attached hydrogen (secondary N) is 1. The van der Waals surface area contributed by atoms with E-state index in [1.54, 1.807) is 6.92 Å². The van der Waals surface area contributed by atoms with Crippen molar-refractivity contribution in [2.24, 2.45) is 0 Å². The van der Waals surface area contributed by atoms with E-state index in [2.05, 4.69) is 5.32 Å². The normalized spacial score (nSPS) is 16.2. The monoisotopic (exact) mass is 225 g/mol. The average molecular weight is 225 g/mol. The summed E-state index contributed by atoms with van der Waals surface area (Å²) in [6.45, 7) is 1.78. The fraction of sp³-hybridized carbons (Fsp3) is 0.300. The molecule has 0 aromatic carbocycles. The van der Waals surface area contributed by atoms with E-state index >= 15 is 0 Å². The van der Waals surface area contributed by atoms with Crippen molar-refractivity contribution in [3.8, 4) is 0 Å². The van der Waals surface area contributed by atoms with Gasteiger partial charge in [0, 0.05) is 17.8 Å². The molecule has 0 spiro atoms. The SMILES string of the molecule is CC1=C(C(=O)N/C=C/C(=O)O)CC(=O)OC1. The second-order valence-electron chi connectivity index (χ2n) is 3.24. The van der Waals surface area contributed by atoms with Crippen molar-refractivity contribution in [2.45, 2.75) is 13.3 Å². The Kier molecular flexibility index (Phi) is 3.82. The molecule has 16 heavy (non-hydrogen) atoms. The third-order valence-electron chi connectivity index (χ3n) is 2.00. The summed E-state index contributed by atoms with van der Waals surface area (Å²) in [4.78, 5) is 32.6. The second-order valence-corrected chi connectivity index (χ2v) is 3.24. The molecular formula is C10H11NO5. The molecule has 0 aliphatic carbocycles. The molecular weight excluding hydrogens is 214 g/mol. The van der Waals surface area contributed by atoms with E-state index in [1.807, 2.05) is 0 Å². The number of cyclic esters (lactones) is 1. The lowest BCUT2D eigenvalue weighted by atomic mass is 10.0. The summed E-state index contributed by atoms with van der Waals surface area (Å²) in [5.74, 6) is -2.10. The molecule has 1 rings (SSSR count). The highest BCUT2D eigenvalue weighted by atomic mass is 16.5. The number of rotatable bonds is 3. The zero-order valence-electron chi connectivity index (χ0n) is 8.65. The van der Waals surface area contributed by atoms with Gasteiger partial charge in [0.1, 0.15) is 6.61 Å². The summed E-state index contributed by atoms with van der Waals surface area (Å²) in [6, 6.07) is 0. The molecule has 0 aromatic heterocycles. The van der Waals surface area contributed by atoms with Crippen LogP contribution in [0, 0.1) is 0 Å². The number of esters is 1. The van der Waals surface area contributed by atoms with Gasteiger partial charge >= 0.3 is 11.9 Å². The van der Waals surface area contributed by atoms with Gasteiger partial charge in [-0.2, -0.15) is 0 Å². The summed E-state index contributed by atoms with van der Waals surface area (Å²) in [6.07, 6.45) is 1.73. The van der Waals surface area contributed by atoms with Gasteiger partial charge < -0.3 is 15.2 Å². The third-order valence-corrected chi connectivity index (χ3v) is 2.00. The molecule has 1 aliphatic rings. The average Bonchev–Trinajstić information content (AvgIpc) is 2.21. The molecule has 0 saturated heterocycles. The lowest BCUT2D eigenvalue weighted by Crippen LogP contribution is -2.27. The van der Waals surface area contributed by atoms with Gasteiger partial charge in [-0.05, 0) is 12.5 Å². The van der Waals surface area contributed by atoms with Crippen molar-refractivity contribution in [1.82, 2.24) is 5.32 Å². The van der Waals surface area contributed by atoms with Crippen LogP contribution >= 0.6 is 0 Å². The van der Waals surface area contributed by atoms with Crippen molar-refractivity contribution < 1.29 is 24.2 Å². The van der Waals surface area contributed by atoms with Crippen LogP contribution in [0.4, 0.5) is 0 Å². The Hall–Kier alpha value is -2.11. The maximum Gasteiger partial charge on any atom is 0.329 e. The Balaban J connectivity index is 2.66. The molecule has 86 valence electrons. The molecule has 0 unspecified atom stereocenters. The first-order valence-corrected chi connectivity index (χ1v) is 4.55. The fourth-order valence-corrected chi connectivity index (χ4v) is 1.17. The van der Waals surface area contributed by atoms with Crippen molar-refractivity contribution in [3.05, 3.63) is 23.4 Å². The standard InChI is InChI=1S/C10H11NO5/c1-6-5-16-9(14)4-7(6)10(15)11-3-2-8(12)13/h2-3H,4-5H2,1H3,(H,11,15)(H,12,13)/b3-2+. The lowest BCUT2D eigenvalue weighted by Gasteiger charge is -2.16. The molecule has 0 radical (unpaired) electrons. The summed E-state index contributed by atoms with van der Waals surface area (Å²) in [7, 11) is 0. The van der Waals surface area contributed by atoms with Crippen LogP contribution in [0.5, 0.6) is 0 Å². The van der Waals surface area contributed by atoms with Crippen LogP contribution in [0.1, 0.15) is 13.3 Å². The molecule has 0 bridgehead atoms. The van der Waals surface area contributed by atoms with Crippen LogP contribution < -0.4 is 5.32 Å². The van der Waals surface area contributed by atoms with Gasteiger partial charge in [0.2, 0.25) is 0 Å². The van der Waals surface area contributed by atoms with Gasteiger partial charge in [-0.1, -0.05) is 0 Å². The summed E-state index contributed by atoms with van der Waals surface area (Å²) < 4.78 is 4.72. The molecule has 0 saturated carbocycles. The highest BCUT2D eigenvalue weighted by Crippen LogP contribution is 2.16. The van der Waals surface area contributed by atoms with Gasteiger partial charge in [-0.3, -0.25) is 9.59 Å². The van der Waals surface area contributed by atoms with Crippen LogP contribution in [0.15, 0.2) is 23.4 Å². The smallest absolute Gasteiger partial charge is 0.329 e. The predicted molar refractivity (Wildman–Crippen MR) is 53.2 cm³/mol. The Morgan fingerprint density at radius 1 is 1.50 bits per heavy atom. The fourth-order valence-electron chi connectivity index (χ4n) is 1.17. The third kappa shape index (κ3) is 3.23. The van der Waals surface area contributed by atoms with E-state index in [1.165, 1.54) is 0 Å². The Morgan fingerprint density at radius 2 is 2.19 bits per heavy atom. The summed E-state index contributed by atoms with van der Waals surface area (Å²) >= 11 is 0. The number of carboxylic acids is 1. The highest BCUT2D eigenvalue weighted by molar-refractivity contribution is 5.99. The molecule has 1 aliphatic heterocycles. The van der Waals surface area contributed by atoms with Crippen molar-refractivity contribution in [2.75, 3.05) is 6.61 Å². The highest BCUT2D eigenvalue weighted by Gasteiger charge is 2.21. The zero-order valence-corrected chi connectivity index (χ0v) is 8.65. The number of carbonyl (C=O) groups excluding carboxylic acids is 2. The Labute approximate surface area is 91.6 Å². The lowest BCUT2D eigenvalue weighted by molar-refractivity contribution is -0.143. The van der Waals surface area contributed by atoms with Crippen LogP contribution in [0.2, 0.25) is 0 Å². The molecule has 6 heteroatoms. The quantitative estimate of drug-likeness (QED) is 0.519. The van der Waals surface area contributed by atoms with E-state index in [-0.39, 0.29) is 13.0 Å². The van der Waals surface area contributed by atoms with Crippen LogP contribution in [0.25, 0.3) is 0 Å². The molecule has 1 amide bonds. The van der Waals surface area contributed by atoms with E-state index in [0.29, 0.717) is 11.1 Å². The van der Waals surface area contributed by atoms with Gasteiger partial charge in [-0.25, -0.2) is 4.79 Å². The number of hydrogen-bond acceptors (Lipinski definition) is 4. The van der Waals surface area contributed by atoms with E-state index < -0.39 is 17.8 Å². The van der Waals surface area contributed by atoms with Crippen molar-refractivity contribution >= 4 is 17.8 Å². The number of hydrogen-bond donors (Lipinski definition) is 2. The minimum Gasteiger partial charge on any atom is -0.478 e. The predicted octanol–water partition coefficient (Wildman–Crippen LogP) is -0.0357. The maximum atomic E-state index is 11.5. The molecule has 1 heterocycles. The molecule has 2 N–H and O–H groups in total. The van der Waals surface area contributed by atoms with E-state index in [0.717, 1.165) is 12.3 Å². The number of carbonyl (C=O) groups is 3. The number of ether oxygens (including phenoxy) is 1. The van der Waals surface area contributed by atoms with E-state index in [4.69, 9.17) is 9.84 Å². The minimum atomic E-state index is -1.16. The first-order chi connectivity index (χ1) is 7.50. The van der Waals surface area contributed by atoms with Crippen molar-refractivity contribution in [1.29, 1.82) is 0 Å².